The second-order valence-corrected chi connectivity index (χ2v) is 7.15. The maximum atomic E-state index is 12.4. The fourth-order valence-electron chi connectivity index (χ4n) is 2.64. The summed E-state index contributed by atoms with van der Waals surface area (Å²) in [5.41, 5.74) is 6.01. The van der Waals surface area contributed by atoms with Gasteiger partial charge in [-0.05, 0) is 17.4 Å². The van der Waals surface area contributed by atoms with Crippen LogP contribution in [0.1, 0.15) is 24.8 Å². The number of carbonyl (C=O) groups excluding carboxylic acids is 1. The van der Waals surface area contributed by atoms with E-state index in [1.165, 1.54) is 4.88 Å². The van der Waals surface area contributed by atoms with E-state index in [-0.39, 0.29) is 30.3 Å². The van der Waals surface area contributed by atoms with Crippen LogP contribution in [0.15, 0.2) is 17.5 Å². The van der Waals surface area contributed by atoms with Crippen molar-refractivity contribution in [1.82, 2.24) is 9.80 Å². The third-order valence-corrected chi connectivity index (χ3v) is 5.16. The molecule has 0 saturated carbocycles. The van der Waals surface area contributed by atoms with Crippen molar-refractivity contribution in [3.63, 3.8) is 0 Å². The van der Waals surface area contributed by atoms with Crippen LogP contribution < -0.4 is 5.73 Å². The van der Waals surface area contributed by atoms with Crippen molar-refractivity contribution in [3.05, 3.63) is 22.4 Å². The Kier molecular flexibility index (Phi) is 8.50. The molecule has 7 heteroatoms. The molecule has 2 heterocycles. The predicted molar refractivity (Wildman–Crippen MR) is 97.2 cm³/mol. The lowest BCUT2D eigenvalue weighted by Gasteiger charge is -2.36. The van der Waals surface area contributed by atoms with Crippen LogP contribution in [0.3, 0.4) is 0 Å². The molecule has 1 saturated heterocycles. The van der Waals surface area contributed by atoms with Crippen molar-refractivity contribution < 1.29 is 9.53 Å². The van der Waals surface area contributed by atoms with E-state index in [1.807, 2.05) is 20.9 Å². The zero-order valence-electron chi connectivity index (χ0n) is 14.1. The van der Waals surface area contributed by atoms with Gasteiger partial charge in [-0.15, -0.1) is 23.7 Å². The minimum atomic E-state index is -0.432. The molecule has 2 rings (SSSR count). The lowest BCUT2D eigenvalue weighted by Crippen LogP contribution is -2.49. The van der Waals surface area contributed by atoms with Gasteiger partial charge in [0.1, 0.15) is 0 Å². The van der Waals surface area contributed by atoms with Crippen molar-refractivity contribution in [1.29, 1.82) is 0 Å². The highest BCUT2D eigenvalue weighted by Gasteiger charge is 2.28. The lowest BCUT2D eigenvalue weighted by molar-refractivity contribution is -0.133. The van der Waals surface area contributed by atoms with Gasteiger partial charge in [0.05, 0.1) is 25.3 Å². The maximum absolute atomic E-state index is 12.4. The maximum Gasteiger partial charge on any atom is 0.239 e. The Hall–Kier alpha value is -0.660. The molecule has 23 heavy (non-hydrogen) atoms. The SMILES string of the molecule is CC(C)[C@H](N)C(=O)N(C)CC(c1cccs1)N1CCOCC1.Cl. The predicted octanol–water partition coefficient (Wildman–Crippen LogP) is 1.98. The van der Waals surface area contributed by atoms with E-state index in [2.05, 4.69) is 22.4 Å². The highest BCUT2D eigenvalue weighted by Crippen LogP contribution is 2.27. The van der Waals surface area contributed by atoms with Crippen molar-refractivity contribution in [2.75, 3.05) is 39.9 Å². The summed E-state index contributed by atoms with van der Waals surface area (Å²) in [4.78, 5) is 17.9. The quantitative estimate of drug-likeness (QED) is 0.841. The zero-order chi connectivity index (χ0) is 16.1. The van der Waals surface area contributed by atoms with Gasteiger partial charge in [-0.2, -0.15) is 0 Å². The zero-order valence-corrected chi connectivity index (χ0v) is 15.7. The molecule has 0 spiro atoms. The molecule has 1 fully saturated rings. The molecule has 1 unspecified atom stereocenters. The molecule has 1 aliphatic rings. The van der Waals surface area contributed by atoms with E-state index in [0.717, 1.165) is 26.3 Å². The Morgan fingerprint density at radius 2 is 2.09 bits per heavy atom. The van der Waals surface area contributed by atoms with Gasteiger partial charge >= 0.3 is 0 Å². The number of thiophene rings is 1. The molecule has 0 aliphatic carbocycles. The number of nitrogens with zero attached hydrogens (tertiary/aromatic N) is 2. The van der Waals surface area contributed by atoms with Gasteiger partial charge < -0.3 is 15.4 Å². The second-order valence-electron chi connectivity index (χ2n) is 6.17. The van der Waals surface area contributed by atoms with E-state index >= 15 is 0 Å². The molecule has 1 aromatic heterocycles. The van der Waals surface area contributed by atoms with Gasteiger partial charge in [-0.3, -0.25) is 9.69 Å². The second kappa shape index (κ2) is 9.59. The molecular weight excluding hydrogens is 334 g/mol. The molecule has 1 aliphatic heterocycles. The summed E-state index contributed by atoms with van der Waals surface area (Å²) in [6.45, 7) is 7.95. The number of halogens is 1. The average Bonchev–Trinajstić information content (AvgIpc) is 3.05. The number of hydrogen-bond donors (Lipinski definition) is 1. The van der Waals surface area contributed by atoms with Crippen LogP contribution in [0, 0.1) is 5.92 Å². The monoisotopic (exact) mass is 361 g/mol. The number of morpholine rings is 1. The number of carbonyl (C=O) groups is 1. The van der Waals surface area contributed by atoms with Crippen LogP contribution in [-0.2, 0) is 9.53 Å². The van der Waals surface area contributed by atoms with E-state index in [9.17, 15) is 4.79 Å². The summed E-state index contributed by atoms with van der Waals surface area (Å²) in [5.74, 6) is 0.170. The van der Waals surface area contributed by atoms with E-state index in [1.54, 1.807) is 16.2 Å². The minimum absolute atomic E-state index is 0. The van der Waals surface area contributed by atoms with Crippen molar-refractivity contribution in [2.24, 2.45) is 11.7 Å². The minimum Gasteiger partial charge on any atom is -0.379 e. The molecule has 1 aromatic rings. The standard InChI is InChI=1S/C16H27N3O2S.ClH/c1-12(2)15(17)16(20)18(3)11-13(14-5-4-10-22-14)19-6-8-21-9-7-19;/h4-5,10,12-13,15H,6-9,11,17H2,1-3H3;1H/t13?,15-;/m0./s1. The molecule has 132 valence electrons. The Labute approximate surface area is 149 Å². The number of nitrogens with two attached hydrogens (primary N) is 1. The number of rotatable bonds is 6. The average molecular weight is 362 g/mol. The summed E-state index contributed by atoms with van der Waals surface area (Å²) in [7, 11) is 1.85. The molecule has 0 aromatic carbocycles. The summed E-state index contributed by atoms with van der Waals surface area (Å²) in [6.07, 6.45) is 0. The summed E-state index contributed by atoms with van der Waals surface area (Å²) in [6, 6.07) is 4.00. The van der Waals surface area contributed by atoms with E-state index < -0.39 is 6.04 Å². The molecule has 1 amide bonds. The van der Waals surface area contributed by atoms with Gasteiger partial charge in [0.25, 0.3) is 0 Å². The Morgan fingerprint density at radius 1 is 1.43 bits per heavy atom. The first kappa shape index (κ1) is 20.4. The van der Waals surface area contributed by atoms with E-state index in [4.69, 9.17) is 10.5 Å². The highest BCUT2D eigenvalue weighted by molar-refractivity contribution is 7.10. The summed E-state index contributed by atoms with van der Waals surface area (Å²) < 4.78 is 5.45. The van der Waals surface area contributed by atoms with Gasteiger partial charge in [0, 0.05) is 31.6 Å². The molecule has 0 bridgehead atoms. The van der Waals surface area contributed by atoms with Crippen LogP contribution in [0.25, 0.3) is 0 Å². The van der Waals surface area contributed by atoms with Crippen LogP contribution >= 0.6 is 23.7 Å². The number of likely N-dealkylation sites (N-methyl/N-ethyl adjacent to an activating group) is 1. The van der Waals surface area contributed by atoms with E-state index in [0.29, 0.717) is 6.54 Å². The fourth-order valence-corrected chi connectivity index (χ4v) is 3.50. The van der Waals surface area contributed by atoms with Gasteiger partial charge in [-0.1, -0.05) is 19.9 Å². The summed E-state index contributed by atoms with van der Waals surface area (Å²) in [5, 5.41) is 2.09. The molecule has 0 radical (unpaired) electrons. The number of ether oxygens (including phenoxy) is 1. The Bertz CT molecular complexity index is 464. The third kappa shape index (κ3) is 5.43. The smallest absolute Gasteiger partial charge is 0.239 e. The first-order valence-corrected chi connectivity index (χ1v) is 8.74. The first-order chi connectivity index (χ1) is 10.5. The van der Waals surface area contributed by atoms with Crippen LogP contribution in [0.5, 0.6) is 0 Å². The lowest BCUT2D eigenvalue weighted by atomic mass is 10.0. The molecule has 2 N–H and O–H groups in total. The Morgan fingerprint density at radius 3 is 2.61 bits per heavy atom. The number of hydrogen-bond acceptors (Lipinski definition) is 5. The molecular formula is C16H28ClN3O2S. The normalized spacial score (nSPS) is 18.3. The van der Waals surface area contributed by atoms with Gasteiger partial charge in [-0.25, -0.2) is 0 Å². The first-order valence-electron chi connectivity index (χ1n) is 7.86. The molecule has 5 nitrogen and oxygen atoms in total. The topological polar surface area (TPSA) is 58.8 Å². The van der Waals surface area contributed by atoms with Crippen LogP contribution in [0.4, 0.5) is 0 Å². The molecule has 2 atom stereocenters. The fraction of sp³-hybridized carbons (Fsp3) is 0.688. The van der Waals surface area contributed by atoms with Crippen molar-refractivity contribution >= 4 is 29.7 Å². The Balaban J connectivity index is 0.00000264. The van der Waals surface area contributed by atoms with Crippen molar-refractivity contribution in [3.8, 4) is 0 Å². The largest absolute Gasteiger partial charge is 0.379 e. The third-order valence-electron chi connectivity index (χ3n) is 4.18. The van der Waals surface area contributed by atoms with Crippen molar-refractivity contribution in [2.45, 2.75) is 25.9 Å². The van der Waals surface area contributed by atoms with Gasteiger partial charge in [0.2, 0.25) is 5.91 Å². The summed E-state index contributed by atoms with van der Waals surface area (Å²) >= 11 is 1.74. The van der Waals surface area contributed by atoms with Crippen LogP contribution in [-0.4, -0.2) is 61.6 Å². The highest BCUT2D eigenvalue weighted by atomic mass is 35.5. The van der Waals surface area contributed by atoms with Gasteiger partial charge in [0.15, 0.2) is 0 Å². The van der Waals surface area contributed by atoms with Crippen LogP contribution in [0.2, 0.25) is 0 Å². The number of amides is 1.